The highest BCUT2D eigenvalue weighted by molar-refractivity contribution is 6.48. The molecule has 5 heteroatoms. The van der Waals surface area contributed by atoms with E-state index in [1.54, 1.807) is 24.3 Å². The van der Waals surface area contributed by atoms with Crippen molar-refractivity contribution in [3.8, 4) is 0 Å². The highest BCUT2D eigenvalue weighted by atomic mass is 28.4. The number of rotatable bonds is 11. The molecule has 0 unspecified atom stereocenters. The molecular formula is C14H24O4Si. The monoisotopic (exact) mass is 284 g/mol. The lowest BCUT2D eigenvalue weighted by molar-refractivity contribution is -0.0725. The van der Waals surface area contributed by atoms with E-state index >= 15 is 0 Å². The van der Waals surface area contributed by atoms with E-state index in [1.165, 1.54) is 0 Å². The van der Waals surface area contributed by atoms with Crippen LogP contribution in [0.3, 0.4) is 0 Å². The van der Waals surface area contributed by atoms with E-state index < -0.39 is 14.6 Å². The van der Waals surface area contributed by atoms with Gasteiger partial charge in [-0.3, -0.25) is 0 Å². The molecule has 0 aliphatic carbocycles. The predicted octanol–water partition coefficient (Wildman–Crippen LogP) is 2.07. The Kier molecular flexibility index (Phi) is 7.81. The summed E-state index contributed by atoms with van der Waals surface area (Å²) in [4.78, 5) is 27.9. The van der Waals surface area contributed by atoms with Gasteiger partial charge < -0.3 is 18.8 Å². The molecule has 0 aliphatic rings. The molecule has 0 saturated carbocycles. The summed E-state index contributed by atoms with van der Waals surface area (Å²) < 4.78 is 5.24. The lowest BCUT2D eigenvalue weighted by Gasteiger charge is -2.40. The molecule has 0 fully saturated rings. The van der Waals surface area contributed by atoms with Crippen LogP contribution in [0, 0.1) is 5.92 Å². The fourth-order valence-corrected chi connectivity index (χ4v) is 3.15. The topological polar surface area (TPSA) is 69.9 Å². The van der Waals surface area contributed by atoms with Crippen LogP contribution in [0.5, 0.6) is 0 Å². The highest BCUT2D eigenvalue weighted by Gasteiger charge is 2.46. The molecule has 4 nitrogen and oxygen atoms in total. The molecule has 0 heterocycles. The summed E-state index contributed by atoms with van der Waals surface area (Å²) in [6.45, 7) is 14.7. The average Bonchev–Trinajstić information content (AvgIpc) is 2.27. The van der Waals surface area contributed by atoms with Gasteiger partial charge in [0, 0.05) is 0 Å². The maximum atomic E-state index is 9.30. The largest absolute Gasteiger partial charge is 0.671 e. The third kappa shape index (κ3) is 6.13. The summed E-state index contributed by atoms with van der Waals surface area (Å²) in [5.74, 6) is -0.100. The molecule has 0 aliphatic heterocycles. The minimum Gasteiger partial charge on any atom is -0.368 e. The van der Waals surface area contributed by atoms with E-state index in [4.69, 9.17) is 4.43 Å². The van der Waals surface area contributed by atoms with Crippen molar-refractivity contribution in [2.75, 3.05) is 0 Å². The zero-order valence-electron chi connectivity index (χ0n) is 11.3. The zero-order chi connectivity index (χ0) is 14.9. The molecular weight excluding hydrogens is 260 g/mol. The molecule has 3 N–H and O–H groups in total. The number of allylic oxidation sites excluding steroid dienone is 2. The van der Waals surface area contributed by atoms with Crippen molar-refractivity contribution in [2.45, 2.75) is 31.3 Å². The maximum Gasteiger partial charge on any atom is 0.671 e. The highest BCUT2D eigenvalue weighted by Crippen LogP contribution is 2.37. The van der Waals surface area contributed by atoms with Crippen molar-refractivity contribution in [1.29, 1.82) is 0 Å². The predicted molar refractivity (Wildman–Crippen MR) is 79.0 cm³/mol. The first kappa shape index (κ1) is 18.0. The van der Waals surface area contributed by atoms with E-state index in [9.17, 15) is 14.4 Å². The molecule has 0 spiro atoms. The Morgan fingerprint density at radius 1 is 0.895 bits per heavy atom. The Morgan fingerprint density at radius 2 is 1.32 bits per heavy atom. The van der Waals surface area contributed by atoms with E-state index in [1.807, 2.05) is 0 Å². The second-order valence-corrected chi connectivity index (χ2v) is 5.82. The Morgan fingerprint density at radius 3 is 1.58 bits per heavy atom. The van der Waals surface area contributed by atoms with Crippen LogP contribution in [0.1, 0.15) is 25.7 Å². The van der Waals surface area contributed by atoms with Gasteiger partial charge in [-0.05, 0) is 31.6 Å². The van der Waals surface area contributed by atoms with Crippen molar-refractivity contribution in [3.63, 3.8) is 0 Å². The number of hydrogen-bond acceptors (Lipinski definition) is 4. The van der Waals surface area contributed by atoms with Gasteiger partial charge in [0.05, 0.1) is 5.60 Å². The standard InChI is InChI=1S/C14H24O4Si/c1-5-9-13(10-6-2)14(11-7-3,12-8-4)18-19(15,16)17/h5-8,13,15-17H,1-4,9-12H2. The molecule has 0 saturated heterocycles. The first-order chi connectivity index (χ1) is 8.85. The first-order valence-corrected chi connectivity index (χ1v) is 7.91. The Balaban J connectivity index is 5.46. The first-order valence-electron chi connectivity index (χ1n) is 6.16. The van der Waals surface area contributed by atoms with Crippen LogP contribution in [0.4, 0.5) is 0 Å². The molecule has 0 aromatic heterocycles. The second kappa shape index (κ2) is 8.24. The Bertz CT molecular complexity index is 300. The fourth-order valence-electron chi connectivity index (χ4n) is 2.27. The molecule has 0 bridgehead atoms. The minimum absolute atomic E-state index is 0.100. The molecule has 0 rings (SSSR count). The maximum absolute atomic E-state index is 9.30. The van der Waals surface area contributed by atoms with Gasteiger partial charge in [-0.2, -0.15) is 0 Å². The molecule has 0 aromatic carbocycles. The van der Waals surface area contributed by atoms with Gasteiger partial charge in [0.1, 0.15) is 0 Å². The van der Waals surface area contributed by atoms with Crippen molar-refractivity contribution >= 4 is 9.05 Å². The van der Waals surface area contributed by atoms with Crippen LogP contribution >= 0.6 is 0 Å². The van der Waals surface area contributed by atoms with Crippen molar-refractivity contribution < 1.29 is 18.8 Å². The fraction of sp³-hybridized carbons (Fsp3) is 0.429. The average molecular weight is 284 g/mol. The van der Waals surface area contributed by atoms with Crippen molar-refractivity contribution in [2.24, 2.45) is 5.92 Å². The van der Waals surface area contributed by atoms with Crippen LogP contribution < -0.4 is 0 Å². The zero-order valence-corrected chi connectivity index (χ0v) is 12.3. The Hall–Kier alpha value is -0.983. The van der Waals surface area contributed by atoms with Gasteiger partial charge >= 0.3 is 9.05 Å². The third-order valence-electron chi connectivity index (χ3n) is 2.97. The molecule has 108 valence electrons. The second-order valence-electron chi connectivity index (χ2n) is 4.47. The molecule has 0 atom stereocenters. The van der Waals surface area contributed by atoms with Gasteiger partial charge in [-0.15, -0.1) is 26.3 Å². The van der Waals surface area contributed by atoms with Crippen molar-refractivity contribution in [1.82, 2.24) is 0 Å². The van der Waals surface area contributed by atoms with E-state index in [0.29, 0.717) is 25.7 Å². The van der Waals surface area contributed by atoms with Crippen LogP contribution in [0.15, 0.2) is 50.6 Å². The lowest BCUT2D eigenvalue weighted by atomic mass is 9.78. The number of hydrogen-bond donors (Lipinski definition) is 3. The van der Waals surface area contributed by atoms with Crippen molar-refractivity contribution in [3.05, 3.63) is 50.6 Å². The van der Waals surface area contributed by atoms with Crippen LogP contribution in [0.25, 0.3) is 0 Å². The SMILES string of the molecule is C=CCC(CC=C)C(CC=C)(CC=C)O[Si](O)(O)O. The van der Waals surface area contributed by atoms with Crippen LogP contribution in [0.2, 0.25) is 0 Å². The minimum atomic E-state index is -4.65. The van der Waals surface area contributed by atoms with E-state index in [-0.39, 0.29) is 5.92 Å². The molecule has 0 amide bonds. The van der Waals surface area contributed by atoms with Gasteiger partial charge in [-0.25, -0.2) is 0 Å². The summed E-state index contributed by atoms with van der Waals surface area (Å²) in [6.07, 6.45) is 8.63. The summed E-state index contributed by atoms with van der Waals surface area (Å²) in [6, 6.07) is 0. The summed E-state index contributed by atoms with van der Waals surface area (Å²) in [5.41, 5.74) is -0.962. The van der Waals surface area contributed by atoms with Gasteiger partial charge in [-0.1, -0.05) is 24.3 Å². The van der Waals surface area contributed by atoms with Gasteiger partial charge in [0.15, 0.2) is 0 Å². The summed E-state index contributed by atoms with van der Waals surface area (Å²) in [7, 11) is -4.65. The smallest absolute Gasteiger partial charge is 0.368 e. The molecule has 19 heavy (non-hydrogen) atoms. The molecule has 0 aromatic rings. The normalized spacial score (nSPS) is 12.2. The van der Waals surface area contributed by atoms with E-state index in [0.717, 1.165) is 0 Å². The quantitative estimate of drug-likeness (QED) is 0.401. The van der Waals surface area contributed by atoms with Crippen LogP contribution in [-0.2, 0) is 4.43 Å². The lowest BCUT2D eigenvalue weighted by Crippen LogP contribution is -2.52. The third-order valence-corrected chi connectivity index (χ3v) is 3.65. The van der Waals surface area contributed by atoms with Crippen LogP contribution in [-0.4, -0.2) is 29.0 Å². The van der Waals surface area contributed by atoms with Gasteiger partial charge in [0.25, 0.3) is 0 Å². The summed E-state index contributed by atoms with van der Waals surface area (Å²) in [5, 5.41) is 0. The molecule has 0 radical (unpaired) electrons. The van der Waals surface area contributed by atoms with E-state index in [2.05, 4.69) is 26.3 Å². The Labute approximate surface area is 116 Å². The summed E-state index contributed by atoms with van der Waals surface area (Å²) >= 11 is 0. The van der Waals surface area contributed by atoms with Gasteiger partial charge in [0.2, 0.25) is 0 Å².